The van der Waals surface area contributed by atoms with Gasteiger partial charge in [-0.15, -0.1) is 0 Å². The van der Waals surface area contributed by atoms with Crippen molar-refractivity contribution in [2.75, 3.05) is 0 Å². The third-order valence-corrected chi connectivity index (χ3v) is 11.9. The van der Waals surface area contributed by atoms with Crippen LogP contribution in [0.2, 0.25) is 0 Å². The van der Waals surface area contributed by atoms with Gasteiger partial charge >= 0.3 is 0 Å². The van der Waals surface area contributed by atoms with Gasteiger partial charge in [0.05, 0.1) is 22.8 Å². The van der Waals surface area contributed by atoms with E-state index in [0.29, 0.717) is 11.6 Å². The second-order valence-corrected chi connectivity index (χ2v) is 16.3. The minimum absolute atomic E-state index is 0.284. The highest BCUT2D eigenvalue weighted by atomic mass is 14.9. The van der Waals surface area contributed by atoms with Gasteiger partial charge in [0.15, 0.2) is 11.6 Å². The average molecular weight is 809 g/mol. The number of hydrogen-bond acceptors (Lipinski definition) is 4. The highest BCUT2D eigenvalue weighted by Gasteiger charge is 2.24. The molecule has 8 aromatic carbocycles. The predicted octanol–water partition coefficient (Wildman–Crippen LogP) is 14.9. The lowest BCUT2D eigenvalue weighted by Crippen LogP contribution is -2.18. The topological polar surface area (TPSA) is 51.6 Å². The Morgan fingerprint density at radius 3 is 0.762 bits per heavy atom. The van der Waals surface area contributed by atoms with Crippen molar-refractivity contribution in [3.63, 3.8) is 0 Å². The van der Waals surface area contributed by atoms with Crippen molar-refractivity contribution in [3.05, 3.63) is 242 Å². The molecule has 0 radical (unpaired) electrons. The molecule has 0 fully saturated rings. The Balaban J connectivity index is 0.939. The van der Waals surface area contributed by atoms with Crippen LogP contribution in [0.15, 0.2) is 231 Å². The lowest BCUT2D eigenvalue weighted by Gasteiger charge is -2.26. The zero-order valence-electron chi connectivity index (χ0n) is 35.2. The lowest BCUT2D eigenvalue weighted by atomic mass is 9.77. The third kappa shape index (κ3) is 8.35. The molecule has 0 aliphatic rings. The number of rotatable bonds is 10. The molecular formula is C59H44N4. The van der Waals surface area contributed by atoms with Gasteiger partial charge in [0.2, 0.25) is 0 Å². The lowest BCUT2D eigenvalue weighted by molar-refractivity contribution is 0.641. The Kier molecular flexibility index (Phi) is 10.6. The summed E-state index contributed by atoms with van der Waals surface area (Å²) in [4.78, 5) is 20.5. The summed E-state index contributed by atoms with van der Waals surface area (Å²) < 4.78 is 0. The minimum atomic E-state index is -0.284. The van der Waals surface area contributed by atoms with E-state index in [4.69, 9.17) is 19.9 Å². The molecule has 2 aromatic heterocycles. The fraction of sp³-hybridized carbons (Fsp3) is 0.0508. The SMILES string of the molecule is CC(C)(c1ccc(-c2nc(-c3ccccc3)cc(-c3ccc(-c4ccccc4)cc3)n2)cc1)c1ccc(-c2nc(-c3ccccc3)cc(-c3ccc(-c4ccccc4)cc3)n2)cc1. The van der Waals surface area contributed by atoms with E-state index in [1.807, 2.05) is 48.5 Å². The van der Waals surface area contributed by atoms with Gasteiger partial charge in [-0.25, -0.2) is 19.9 Å². The van der Waals surface area contributed by atoms with E-state index >= 15 is 0 Å². The Labute approximate surface area is 369 Å². The van der Waals surface area contributed by atoms with Crippen molar-refractivity contribution in [3.8, 4) is 90.1 Å². The largest absolute Gasteiger partial charge is 0.228 e. The molecule has 0 saturated heterocycles. The number of aromatic nitrogens is 4. The van der Waals surface area contributed by atoms with Crippen LogP contribution in [0.25, 0.3) is 90.1 Å². The van der Waals surface area contributed by atoms with Crippen LogP contribution in [-0.2, 0) is 5.41 Å². The van der Waals surface area contributed by atoms with Gasteiger partial charge in [0, 0.05) is 38.8 Å². The molecule has 0 aliphatic heterocycles. The van der Waals surface area contributed by atoms with E-state index in [0.717, 1.165) is 56.2 Å². The smallest absolute Gasteiger partial charge is 0.160 e. The third-order valence-electron chi connectivity index (χ3n) is 11.9. The van der Waals surface area contributed by atoms with Crippen LogP contribution in [0.5, 0.6) is 0 Å². The van der Waals surface area contributed by atoms with Crippen molar-refractivity contribution >= 4 is 0 Å². The van der Waals surface area contributed by atoms with E-state index in [-0.39, 0.29) is 5.41 Å². The molecule has 4 heteroatoms. The summed E-state index contributed by atoms with van der Waals surface area (Å²) in [6.45, 7) is 4.54. The maximum absolute atomic E-state index is 5.13. The molecule has 0 bridgehead atoms. The van der Waals surface area contributed by atoms with Gasteiger partial charge in [-0.05, 0) is 45.5 Å². The monoisotopic (exact) mass is 808 g/mol. The van der Waals surface area contributed by atoms with Crippen molar-refractivity contribution in [1.82, 2.24) is 19.9 Å². The molecule has 0 saturated carbocycles. The molecule has 0 unspecified atom stereocenters. The molecule has 10 aromatic rings. The molecule has 0 amide bonds. The number of nitrogens with zero attached hydrogens (tertiary/aromatic N) is 4. The minimum Gasteiger partial charge on any atom is -0.228 e. The van der Waals surface area contributed by atoms with Crippen molar-refractivity contribution in [1.29, 1.82) is 0 Å². The van der Waals surface area contributed by atoms with Crippen LogP contribution in [0.4, 0.5) is 0 Å². The molecular weight excluding hydrogens is 765 g/mol. The molecule has 63 heavy (non-hydrogen) atoms. The Bertz CT molecular complexity index is 2900. The normalized spacial score (nSPS) is 11.3. The van der Waals surface area contributed by atoms with Crippen LogP contribution in [0, 0.1) is 0 Å². The summed E-state index contributed by atoms with van der Waals surface area (Å²) >= 11 is 0. The van der Waals surface area contributed by atoms with Gasteiger partial charge in [-0.2, -0.15) is 0 Å². The summed E-state index contributed by atoms with van der Waals surface area (Å²) in [7, 11) is 0. The number of hydrogen-bond donors (Lipinski definition) is 0. The molecule has 2 heterocycles. The Morgan fingerprint density at radius 1 is 0.238 bits per heavy atom. The summed E-state index contributed by atoms with van der Waals surface area (Å²) in [6, 6.07) is 80.4. The number of benzene rings is 8. The fourth-order valence-corrected chi connectivity index (χ4v) is 8.13. The maximum atomic E-state index is 5.13. The molecule has 0 spiro atoms. The van der Waals surface area contributed by atoms with Gasteiger partial charge in [-0.1, -0.05) is 232 Å². The molecule has 0 aliphatic carbocycles. The van der Waals surface area contributed by atoms with Crippen molar-refractivity contribution in [2.24, 2.45) is 0 Å². The first-order valence-electron chi connectivity index (χ1n) is 21.4. The van der Waals surface area contributed by atoms with Crippen LogP contribution >= 0.6 is 0 Å². The van der Waals surface area contributed by atoms with E-state index in [1.54, 1.807) is 0 Å². The first-order chi connectivity index (χ1) is 30.9. The van der Waals surface area contributed by atoms with Crippen LogP contribution in [0.3, 0.4) is 0 Å². The highest BCUT2D eigenvalue weighted by molar-refractivity contribution is 5.76. The molecule has 0 atom stereocenters. The summed E-state index contributed by atoms with van der Waals surface area (Å²) in [6.07, 6.45) is 0. The standard InChI is InChI=1S/C59H44N4/c1-59(2,51-35-31-49(32-36-51)57-60-53(45-19-11-5-12-20-45)39-55(62-57)47-27-23-43(24-28-47)41-15-7-3-8-16-41)52-37-33-50(34-38-52)58-61-54(46-21-13-6-14-22-46)40-56(63-58)48-29-25-44(26-30-48)42-17-9-4-10-18-42/h3-40H,1-2H3. The van der Waals surface area contributed by atoms with E-state index in [2.05, 4.69) is 196 Å². The first kappa shape index (κ1) is 39.1. The molecule has 0 N–H and O–H groups in total. The second kappa shape index (κ2) is 17.1. The summed E-state index contributed by atoms with van der Waals surface area (Å²) in [5, 5.41) is 0. The van der Waals surface area contributed by atoms with Crippen LogP contribution in [-0.4, -0.2) is 19.9 Å². The zero-order chi connectivity index (χ0) is 42.6. The maximum Gasteiger partial charge on any atom is 0.160 e. The van der Waals surface area contributed by atoms with Gasteiger partial charge in [0.25, 0.3) is 0 Å². The summed E-state index contributed by atoms with van der Waals surface area (Å²) in [5.74, 6) is 1.38. The molecule has 4 nitrogen and oxygen atoms in total. The van der Waals surface area contributed by atoms with Gasteiger partial charge in [0.1, 0.15) is 0 Å². The highest BCUT2D eigenvalue weighted by Crippen LogP contribution is 2.36. The Morgan fingerprint density at radius 2 is 0.460 bits per heavy atom. The summed E-state index contributed by atoms with van der Waals surface area (Å²) in [5.41, 5.74) is 16.5. The first-order valence-corrected chi connectivity index (χ1v) is 21.4. The van der Waals surface area contributed by atoms with E-state index in [1.165, 1.54) is 33.4 Å². The van der Waals surface area contributed by atoms with Crippen molar-refractivity contribution in [2.45, 2.75) is 19.3 Å². The van der Waals surface area contributed by atoms with E-state index in [9.17, 15) is 0 Å². The molecule has 10 rings (SSSR count). The zero-order valence-corrected chi connectivity index (χ0v) is 35.2. The van der Waals surface area contributed by atoms with Crippen LogP contribution in [0.1, 0.15) is 25.0 Å². The molecule has 300 valence electrons. The van der Waals surface area contributed by atoms with Gasteiger partial charge in [-0.3, -0.25) is 0 Å². The predicted molar refractivity (Wildman–Crippen MR) is 260 cm³/mol. The van der Waals surface area contributed by atoms with Crippen LogP contribution < -0.4 is 0 Å². The Hall–Kier alpha value is -8.08. The quantitative estimate of drug-likeness (QED) is 0.138. The van der Waals surface area contributed by atoms with Crippen molar-refractivity contribution < 1.29 is 0 Å². The van der Waals surface area contributed by atoms with E-state index < -0.39 is 0 Å². The fourth-order valence-electron chi connectivity index (χ4n) is 8.13. The van der Waals surface area contributed by atoms with Gasteiger partial charge < -0.3 is 0 Å². The second-order valence-electron chi connectivity index (χ2n) is 16.3. The average Bonchev–Trinajstić information content (AvgIpc) is 3.37.